The van der Waals surface area contributed by atoms with E-state index in [9.17, 15) is 8.42 Å². The number of aromatic nitrogens is 4. The maximum Gasteiger partial charge on any atom is 0.261 e. The van der Waals surface area contributed by atoms with Gasteiger partial charge in [-0.3, -0.25) is 4.72 Å². The van der Waals surface area contributed by atoms with Gasteiger partial charge in [0, 0.05) is 11.3 Å². The lowest BCUT2D eigenvalue weighted by Crippen LogP contribution is -2.12. The molecule has 0 radical (unpaired) electrons. The summed E-state index contributed by atoms with van der Waals surface area (Å²) in [7, 11) is -2.22. The van der Waals surface area contributed by atoms with E-state index >= 15 is 0 Å². The first kappa shape index (κ1) is 20.2. The smallest absolute Gasteiger partial charge is 0.261 e. The molecule has 8 nitrogen and oxygen atoms in total. The van der Waals surface area contributed by atoms with E-state index in [-0.39, 0.29) is 4.90 Å². The minimum absolute atomic E-state index is 0.147. The van der Waals surface area contributed by atoms with Crippen molar-refractivity contribution in [3.8, 4) is 27.7 Å². The van der Waals surface area contributed by atoms with Crippen molar-refractivity contribution in [2.24, 2.45) is 0 Å². The van der Waals surface area contributed by atoms with Crippen molar-refractivity contribution in [1.29, 1.82) is 0 Å². The van der Waals surface area contributed by atoms with Gasteiger partial charge in [-0.2, -0.15) is 9.61 Å². The van der Waals surface area contributed by atoms with E-state index in [4.69, 9.17) is 4.74 Å². The molecule has 10 heteroatoms. The molecule has 1 N–H and O–H groups in total. The lowest BCUT2D eigenvalue weighted by molar-refractivity contribution is 0.414. The van der Waals surface area contributed by atoms with Crippen molar-refractivity contribution in [3.63, 3.8) is 0 Å². The average molecular weight is 464 g/mol. The van der Waals surface area contributed by atoms with Crippen molar-refractivity contribution in [2.45, 2.75) is 4.90 Å². The molecular formula is C22H17N5O3S2. The standard InChI is InChI=1S/C22H17N5O3S2/c1-30-17-7-9-18(10-8-17)32(28,29)26-16-5-2-4-15(14-16)19-11-12-21-23-24-22(27(21)25-19)20-6-3-13-31-20/h2-14,26H,1H3. The first-order chi connectivity index (χ1) is 15.5. The number of rotatable bonds is 6. The molecule has 0 aliphatic heterocycles. The van der Waals surface area contributed by atoms with E-state index in [1.165, 1.54) is 19.2 Å². The van der Waals surface area contributed by atoms with Crippen LogP contribution in [0.15, 0.2) is 83.1 Å². The van der Waals surface area contributed by atoms with Crippen LogP contribution in [0.25, 0.3) is 27.6 Å². The number of thiophene rings is 1. The molecule has 2 aromatic carbocycles. The van der Waals surface area contributed by atoms with Gasteiger partial charge in [0.2, 0.25) is 0 Å². The fourth-order valence-electron chi connectivity index (χ4n) is 3.21. The van der Waals surface area contributed by atoms with Crippen LogP contribution in [0.2, 0.25) is 0 Å². The van der Waals surface area contributed by atoms with Crippen LogP contribution >= 0.6 is 11.3 Å². The Hall–Kier alpha value is -3.76. The number of ether oxygens (including phenoxy) is 1. The van der Waals surface area contributed by atoms with E-state index in [0.29, 0.717) is 28.6 Å². The summed E-state index contributed by atoms with van der Waals surface area (Å²) < 4.78 is 35.0. The van der Waals surface area contributed by atoms with E-state index < -0.39 is 10.0 Å². The Bertz CT molecular complexity index is 1490. The molecule has 5 rings (SSSR count). The van der Waals surface area contributed by atoms with Gasteiger partial charge in [-0.1, -0.05) is 18.2 Å². The molecule has 3 aromatic heterocycles. The lowest BCUT2D eigenvalue weighted by atomic mass is 10.1. The van der Waals surface area contributed by atoms with Crippen LogP contribution in [0, 0.1) is 0 Å². The van der Waals surface area contributed by atoms with E-state index in [2.05, 4.69) is 20.0 Å². The van der Waals surface area contributed by atoms with Gasteiger partial charge in [0.05, 0.1) is 22.6 Å². The molecule has 32 heavy (non-hydrogen) atoms. The fourth-order valence-corrected chi connectivity index (χ4v) is 4.96. The number of nitrogens with zero attached hydrogens (tertiary/aromatic N) is 4. The lowest BCUT2D eigenvalue weighted by Gasteiger charge is -2.10. The quantitative estimate of drug-likeness (QED) is 0.402. The molecule has 0 bridgehead atoms. The average Bonchev–Trinajstić information content (AvgIpc) is 3.48. The Kier molecular flexibility index (Phi) is 5.08. The van der Waals surface area contributed by atoms with Crippen LogP contribution in [0.1, 0.15) is 0 Å². The minimum atomic E-state index is -3.75. The maximum absolute atomic E-state index is 12.8. The summed E-state index contributed by atoms with van der Waals surface area (Å²) in [5.74, 6) is 1.25. The second-order valence-electron chi connectivity index (χ2n) is 6.85. The number of sulfonamides is 1. The topological polar surface area (TPSA) is 98.5 Å². The zero-order valence-electron chi connectivity index (χ0n) is 16.8. The summed E-state index contributed by atoms with van der Waals surface area (Å²) in [5.41, 5.74) is 2.49. The first-order valence-electron chi connectivity index (χ1n) is 9.57. The molecule has 0 saturated heterocycles. The number of hydrogen-bond acceptors (Lipinski definition) is 7. The number of fused-ring (bicyclic) bond motifs is 1. The summed E-state index contributed by atoms with van der Waals surface area (Å²) in [4.78, 5) is 1.11. The number of nitrogens with one attached hydrogen (secondary N) is 1. The second-order valence-corrected chi connectivity index (χ2v) is 9.48. The van der Waals surface area contributed by atoms with Crippen molar-refractivity contribution in [1.82, 2.24) is 19.8 Å². The Morgan fingerprint density at radius 2 is 1.81 bits per heavy atom. The molecule has 0 atom stereocenters. The maximum atomic E-state index is 12.8. The molecule has 0 saturated carbocycles. The summed E-state index contributed by atoms with van der Waals surface area (Å²) in [6, 6.07) is 20.9. The SMILES string of the molecule is COc1ccc(S(=O)(=O)Nc2cccc(-c3ccc4nnc(-c5cccs5)n4n3)c2)cc1. The first-order valence-corrected chi connectivity index (χ1v) is 11.9. The third kappa shape index (κ3) is 3.81. The third-order valence-corrected chi connectivity index (χ3v) is 7.05. The molecule has 160 valence electrons. The highest BCUT2D eigenvalue weighted by Crippen LogP contribution is 2.26. The number of hydrogen-bond donors (Lipinski definition) is 1. The summed E-state index contributed by atoms with van der Waals surface area (Å²) in [6.45, 7) is 0. The predicted octanol–water partition coefficient (Wildman–Crippen LogP) is 4.33. The van der Waals surface area contributed by atoms with Gasteiger partial charge in [-0.25, -0.2) is 8.42 Å². The largest absolute Gasteiger partial charge is 0.497 e. The minimum Gasteiger partial charge on any atom is -0.497 e. The Morgan fingerprint density at radius 3 is 2.56 bits per heavy atom. The Labute approximate surface area is 188 Å². The van der Waals surface area contributed by atoms with Crippen LogP contribution in [-0.4, -0.2) is 35.3 Å². The van der Waals surface area contributed by atoms with Gasteiger partial charge in [0.25, 0.3) is 10.0 Å². The van der Waals surface area contributed by atoms with E-state index in [0.717, 1.165) is 10.4 Å². The van der Waals surface area contributed by atoms with Crippen molar-refractivity contribution < 1.29 is 13.2 Å². The summed E-state index contributed by atoms with van der Waals surface area (Å²) in [5, 5.41) is 15.1. The van der Waals surface area contributed by atoms with Crippen molar-refractivity contribution >= 4 is 32.7 Å². The van der Waals surface area contributed by atoms with Gasteiger partial charge in [-0.15, -0.1) is 21.5 Å². The molecular weight excluding hydrogens is 446 g/mol. The van der Waals surface area contributed by atoms with Gasteiger partial charge in [0.15, 0.2) is 11.5 Å². The van der Waals surface area contributed by atoms with E-state index in [1.807, 2.05) is 35.7 Å². The highest BCUT2D eigenvalue weighted by molar-refractivity contribution is 7.92. The molecule has 0 fully saturated rings. The van der Waals surface area contributed by atoms with Crippen molar-refractivity contribution in [3.05, 3.63) is 78.2 Å². The van der Waals surface area contributed by atoms with Crippen LogP contribution in [0.4, 0.5) is 5.69 Å². The highest BCUT2D eigenvalue weighted by Gasteiger charge is 2.16. The zero-order chi connectivity index (χ0) is 22.1. The van der Waals surface area contributed by atoms with Gasteiger partial charge < -0.3 is 4.74 Å². The molecule has 0 amide bonds. The number of benzene rings is 2. The second kappa shape index (κ2) is 8.06. The molecule has 0 aliphatic carbocycles. The van der Waals surface area contributed by atoms with Crippen molar-refractivity contribution in [2.75, 3.05) is 11.8 Å². The zero-order valence-corrected chi connectivity index (χ0v) is 18.5. The van der Waals surface area contributed by atoms with Crippen LogP contribution in [-0.2, 0) is 10.0 Å². The number of methoxy groups -OCH3 is 1. The summed E-state index contributed by atoms with van der Waals surface area (Å²) in [6.07, 6.45) is 0. The summed E-state index contributed by atoms with van der Waals surface area (Å²) >= 11 is 1.56. The molecule has 0 spiro atoms. The predicted molar refractivity (Wildman–Crippen MR) is 123 cm³/mol. The molecule has 0 aliphatic rings. The monoisotopic (exact) mass is 463 g/mol. The Morgan fingerprint density at radius 1 is 0.969 bits per heavy atom. The molecule has 5 aromatic rings. The fraction of sp³-hybridized carbons (Fsp3) is 0.0455. The molecule has 3 heterocycles. The Balaban J connectivity index is 1.47. The van der Waals surface area contributed by atoms with Crippen LogP contribution < -0.4 is 9.46 Å². The number of anilines is 1. The van der Waals surface area contributed by atoms with Gasteiger partial charge in [0.1, 0.15) is 5.75 Å². The normalized spacial score (nSPS) is 11.5. The van der Waals surface area contributed by atoms with Crippen LogP contribution in [0.5, 0.6) is 5.75 Å². The van der Waals surface area contributed by atoms with E-state index in [1.54, 1.807) is 46.2 Å². The third-order valence-electron chi connectivity index (χ3n) is 4.78. The van der Waals surface area contributed by atoms with Crippen LogP contribution in [0.3, 0.4) is 0 Å². The molecule has 0 unspecified atom stereocenters. The van der Waals surface area contributed by atoms with Gasteiger partial charge >= 0.3 is 0 Å². The highest BCUT2D eigenvalue weighted by atomic mass is 32.2. The van der Waals surface area contributed by atoms with Gasteiger partial charge in [-0.05, 0) is 60.0 Å².